The van der Waals surface area contributed by atoms with E-state index in [-0.39, 0.29) is 4.90 Å². The van der Waals surface area contributed by atoms with Crippen molar-refractivity contribution in [2.75, 3.05) is 18.4 Å². The number of pyridine rings is 1. The molecule has 0 radical (unpaired) electrons. The lowest BCUT2D eigenvalue weighted by atomic mass is 10.4. The maximum absolute atomic E-state index is 11.9. The van der Waals surface area contributed by atoms with Crippen molar-refractivity contribution in [1.29, 1.82) is 0 Å². The van der Waals surface area contributed by atoms with Gasteiger partial charge in [-0.3, -0.25) is 0 Å². The molecule has 90 valence electrons. The Kier molecular flexibility index (Phi) is 2.29. The third-order valence-corrected chi connectivity index (χ3v) is 4.19. The van der Waals surface area contributed by atoms with Crippen LogP contribution in [0.2, 0.25) is 0 Å². The van der Waals surface area contributed by atoms with Gasteiger partial charge < -0.3 is 10.2 Å². The molecule has 0 aromatic carbocycles. The summed E-state index contributed by atoms with van der Waals surface area (Å²) in [4.78, 5) is 6.12. The summed E-state index contributed by atoms with van der Waals surface area (Å²) < 4.78 is 27.7. The number of hydrogen-bond acceptors (Lipinski definition) is 5. The number of nitrogens with one attached hydrogen (secondary N) is 1. The molecule has 0 bridgehead atoms. The van der Waals surface area contributed by atoms with E-state index in [9.17, 15) is 8.42 Å². The normalized spacial score (nSPS) is 21.6. The summed E-state index contributed by atoms with van der Waals surface area (Å²) in [6.45, 7) is 1.67. The van der Waals surface area contributed by atoms with E-state index >= 15 is 0 Å². The molecule has 0 aliphatic carbocycles. The zero-order valence-electron chi connectivity index (χ0n) is 9.13. The predicted molar refractivity (Wildman–Crippen MR) is 63.3 cm³/mol. The van der Waals surface area contributed by atoms with Gasteiger partial charge >= 0.3 is 0 Å². The Morgan fingerprint density at radius 2 is 2.06 bits per heavy atom. The molecule has 0 atom stereocenters. The van der Waals surface area contributed by atoms with Gasteiger partial charge in [-0.2, -0.15) is 8.42 Å². The molecule has 17 heavy (non-hydrogen) atoms. The first kappa shape index (κ1) is 10.5. The van der Waals surface area contributed by atoms with E-state index in [4.69, 9.17) is 0 Å². The predicted octanol–water partition coefficient (Wildman–Crippen LogP) is 0.648. The van der Waals surface area contributed by atoms with Gasteiger partial charge in [0.2, 0.25) is 5.96 Å². The van der Waals surface area contributed by atoms with Gasteiger partial charge in [0.1, 0.15) is 4.90 Å². The van der Waals surface area contributed by atoms with E-state index in [2.05, 4.69) is 14.7 Å². The summed E-state index contributed by atoms with van der Waals surface area (Å²) in [6.07, 6.45) is 3.69. The molecule has 2 aliphatic heterocycles. The van der Waals surface area contributed by atoms with E-state index < -0.39 is 10.0 Å². The van der Waals surface area contributed by atoms with Crippen molar-refractivity contribution in [3.8, 4) is 0 Å². The van der Waals surface area contributed by atoms with Crippen LogP contribution in [-0.4, -0.2) is 37.4 Å². The van der Waals surface area contributed by atoms with E-state index in [1.165, 1.54) is 6.07 Å². The summed E-state index contributed by atoms with van der Waals surface area (Å²) in [5, 5.41) is 2.98. The lowest BCUT2D eigenvalue weighted by Crippen LogP contribution is -2.37. The number of nitrogens with zero attached hydrogens (tertiary/aromatic N) is 3. The number of likely N-dealkylation sites (tertiary alicyclic amines) is 1. The lowest BCUT2D eigenvalue weighted by molar-refractivity contribution is 0.516. The first-order chi connectivity index (χ1) is 8.17. The standard InChI is InChI=1S/C10H12N4O2S/c15-17(16)8-4-3-5-11-9(8)12-10(13-17)14-6-1-2-7-14/h3-5H,1-2,6-7H2,(H,11,12,13). The minimum Gasteiger partial charge on any atom is -0.342 e. The van der Waals surface area contributed by atoms with Crippen LogP contribution in [0.15, 0.2) is 27.6 Å². The highest BCUT2D eigenvalue weighted by Crippen LogP contribution is 2.25. The van der Waals surface area contributed by atoms with Crippen molar-refractivity contribution in [2.45, 2.75) is 17.7 Å². The maximum atomic E-state index is 11.9. The second-order valence-corrected chi connectivity index (χ2v) is 5.63. The van der Waals surface area contributed by atoms with E-state index in [1.54, 1.807) is 12.3 Å². The van der Waals surface area contributed by atoms with Gasteiger partial charge in [-0.15, -0.1) is 4.40 Å². The van der Waals surface area contributed by atoms with Crippen LogP contribution in [0.3, 0.4) is 0 Å². The highest BCUT2D eigenvalue weighted by molar-refractivity contribution is 7.90. The molecule has 2 aliphatic rings. The third-order valence-electron chi connectivity index (χ3n) is 2.89. The number of fused-ring (bicyclic) bond motifs is 1. The van der Waals surface area contributed by atoms with Crippen molar-refractivity contribution in [2.24, 2.45) is 4.40 Å². The zero-order chi connectivity index (χ0) is 11.9. The Morgan fingerprint density at radius 3 is 2.82 bits per heavy atom. The maximum Gasteiger partial charge on any atom is 0.289 e. The van der Waals surface area contributed by atoms with Crippen LogP contribution in [0.5, 0.6) is 0 Å². The number of rotatable bonds is 0. The number of aromatic nitrogens is 1. The minimum atomic E-state index is -3.61. The summed E-state index contributed by atoms with van der Waals surface area (Å²) in [6, 6.07) is 3.10. The molecule has 7 heteroatoms. The fraction of sp³-hybridized carbons (Fsp3) is 0.400. The lowest BCUT2D eigenvalue weighted by Gasteiger charge is -2.24. The third kappa shape index (κ3) is 1.76. The van der Waals surface area contributed by atoms with Crippen molar-refractivity contribution >= 4 is 21.8 Å². The molecule has 0 amide bonds. The summed E-state index contributed by atoms with van der Waals surface area (Å²) in [5.41, 5.74) is 0. The molecule has 0 saturated carbocycles. The zero-order valence-corrected chi connectivity index (χ0v) is 9.94. The molecule has 0 unspecified atom stereocenters. The Morgan fingerprint density at radius 1 is 1.29 bits per heavy atom. The van der Waals surface area contributed by atoms with Crippen LogP contribution < -0.4 is 5.32 Å². The van der Waals surface area contributed by atoms with Gasteiger partial charge in [-0.25, -0.2) is 4.98 Å². The summed E-state index contributed by atoms with van der Waals surface area (Å²) >= 11 is 0. The highest BCUT2D eigenvalue weighted by Gasteiger charge is 2.29. The highest BCUT2D eigenvalue weighted by atomic mass is 32.2. The molecule has 3 heterocycles. The second-order valence-electron chi connectivity index (χ2n) is 4.06. The molecule has 1 aromatic heterocycles. The first-order valence-electron chi connectivity index (χ1n) is 5.49. The Bertz CT molecular complexity index is 576. The quantitative estimate of drug-likeness (QED) is 0.733. The smallest absolute Gasteiger partial charge is 0.289 e. The van der Waals surface area contributed by atoms with Crippen molar-refractivity contribution < 1.29 is 8.42 Å². The second kappa shape index (κ2) is 3.69. The summed E-state index contributed by atoms with van der Waals surface area (Å²) in [7, 11) is -3.61. The molecule has 1 saturated heterocycles. The van der Waals surface area contributed by atoms with Crippen LogP contribution in [0.1, 0.15) is 12.8 Å². The fourth-order valence-corrected chi connectivity index (χ4v) is 3.14. The molecular formula is C10H12N4O2S. The topological polar surface area (TPSA) is 74.7 Å². The summed E-state index contributed by atoms with van der Waals surface area (Å²) in [5.74, 6) is 0.762. The molecule has 1 aromatic rings. The fourth-order valence-electron chi connectivity index (χ4n) is 2.05. The van der Waals surface area contributed by atoms with E-state index in [1.807, 2.05) is 4.90 Å². The molecule has 1 N–H and O–H groups in total. The van der Waals surface area contributed by atoms with Crippen LogP contribution in [0.25, 0.3) is 0 Å². The van der Waals surface area contributed by atoms with Crippen LogP contribution >= 0.6 is 0 Å². The van der Waals surface area contributed by atoms with Crippen LogP contribution in [0.4, 0.5) is 5.82 Å². The number of hydrogen-bond donors (Lipinski definition) is 1. The van der Waals surface area contributed by atoms with Crippen LogP contribution in [0, 0.1) is 0 Å². The van der Waals surface area contributed by atoms with Crippen molar-refractivity contribution in [3.05, 3.63) is 18.3 Å². The number of guanidine groups is 1. The average molecular weight is 252 g/mol. The average Bonchev–Trinajstić information content (AvgIpc) is 2.81. The largest absolute Gasteiger partial charge is 0.342 e. The number of sulfonamides is 1. The molecule has 1 fully saturated rings. The Balaban J connectivity index is 2.04. The molecule has 3 rings (SSSR count). The van der Waals surface area contributed by atoms with Gasteiger partial charge in [0, 0.05) is 19.3 Å². The molecule has 0 spiro atoms. The van der Waals surface area contributed by atoms with E-state index in [0.29, 0.717) is 11.8 Å². The van der Waals surface area contributed by atoms with Crippen molar-refractivity contribution in [3.63, 3.8) is 0 Å². The first-order valence-corrected chi connectivity index (χ1v) is 6.93. The van der Waals surface area contributed by atoms with E-state index in [0.717, 1.165) is 25.9 Å². The van der Waals surface area contributed by atoms with Gasteiger partial charge in [-0.05, 0) is 25.0 Å². The number of anilines is 1. The SMILES string of the molecule is O=S1(=O)N=C(N2CCCC2)Nc2ncccc21. The minimum absolute atomic E-state index is 0.142. The monoisotopic (exact) mass is 252 g/mol. The van der Waals surface area contributed by atoms with Gasteiger partial charge in [-0.1, -0.05) is 0 Å². The Hall–Kier alpha value is -1.63. The van der Waals surface area contributed by atoms with Crippen molar-refractivity contribution in [1.82, 2.24) is 9.88 Å². The van der Waals surface area contributed by atoms with Gasteiger partial charge in [0.05, 0.1) is 0 Å². The molecule has 6 nitrogen and oxygen atoms in total. The molecular weight excluding hydrogens is 240 g/mol. The Labute approximate surface area is 99.4 Å². The van der Waals surface area contributed by atoms with Gasteiger partial charge in [0.25, 0.3) is 10.0 Å². The van der Waals surface area contributed by atoms with Gasteiger partial charge in [0.15, 0.2) is 5.82 Å². The van der Waals surface area contributed by atoms with Crippen LogP contribution in [-0.2, 0) is 10.0 Å².